The molecule has 148 valence electrons. The van der Waals surface area contributed by atoms with Crippen molar-refractivity contribution >= 4 is 33.5 Å². The molecule has 0 bridgehead atoms. The number of aliphatic carboxylic acids is 1. The van der Waals surface area contributed by atoms with Gasteiger partial charge in [0, 0.05) is 5.92 Å². The highest BCUT2D eigenvalue weighted by atomic mass is 32.1. The largest absolute Gasteiger partial charge is 0.480 e. The molecule has 0 aliphatic rings. The summed E-state index contributed by atoms with van der Waals surface area (Å²) in [5.41, 5.74) is -1.44. The minimum atomic E-state index is -1.47. The highest BCUT2D eigenvalue weighted by Gasteiger charge is 2.35. The van der Waals surface area contributed by atoms with Gasteiger partial charge >= 0.3 is 11.9 Å². The second-order valence-electron chi connectivity index (χ2n) is 7.86. The van der Waals surface area contributed by atoms with Gasteiger partial charge in [-0.1, -0.05) is 27.7 Å². The van der Waals surface area contributed by atoms with Crippen molar-refractivity contribution < 1.29 is 19.4 Å². The Morgan fingerprint density at radius 1 is 1.26 bits per heavy atom. The number of hydrogen-bond acceptors (Lipinski definition) is 6. The lowest BCUT2D eigenvalue weighted by atomic mass is 10.0. The van der Waals surface area contributed by atoms with E-state index in [9.17, 15) is 19.5 Å². The second-order valence-corrected chi connectivity index (χ2v) is 8.86. The van der Waals surface area contributed by atoms with E-state index in [-0.39, 0.29) is 23.8 Å². The molecule has 0 spiro atoms. The van der Waals surface area contributed by atoms with E-state index in [1.54, 1.807) is 6.92 Å². The zero-order valence-corrected chi connectivity index (χ0v) is 17.6. The number of carboxylic acids is 1. The molecule has 0 saturated heterocycles. The Morgan fingerprint density at radius 2 is 1.85 bits per heavy atom. The van der Waals surface area contributed by atoms with E-state index in [0.29, 0.717) is 21.1 Å². The van der Waals surface area contributed by atoms with Crippen molar-refractivity contribution in [3.05, 3.63) is 26.6 Å². The van der Waals surface area contributed by atoms with Crippen LogP contribution in [0, 0.1) is 12.8 Å². The summed E-state index contributed by atoms with van der Waals surface area (Å²) in [5.74, 6) is -1.21. The molecule has 2 aromatic heterocycles. The van der Waals surface area contributed by atoms with E-state index < -0.39 is 23.0 Å². The molecule has 2 heterocycles. The average Bonchev–Trinajstić information content (AvgIpc) is 2.89. The summed E-state index contributed by atoms with van der Waals surface area (Å²) in [6.07, 6.45) is 0. The number of fused-ring (bicyclic) bond motifs is 1. The van der Waals surface area contributed by atoms with E-state index in [1.807, 2.05) is 27.7 Å². The first-order chi connectivity index (χ1) is 12.4. The Morgan fingerprint density at radius 3 is 2.33 bits per heavy atom. The first kappa shape index (κ1) is 21.1. The van der Waals surface area contributed by atoms with Crippen molar-refractivity contribution in [2.24, 2.45) is 5.92 Å². The molecule has 0 fully saturated rings. The van der Waals surface area contributed by atoms with Crippen molar-refractivity contribution in [2.45, 2.75) is 59.9 Å². The van der Waals surface area contributed by atoms with Crippen LogP contribution in [0.25, 0.3) is 10.2 Å². The number of aryl methyl sites for hydroxylation is 1. The molecular weight excluding hydrogens is 368 g/mol. The minimum absolute atomic E-state index is 0.167. The molecule has 0 unspecified atom stereocenters. The van der Waals surface area contributed by atoms with E-state index in [2.05, 4.69) is 4.98 Å². The molecule has 0 aliphatic carbocycles. The van der Waals surface area contributed by atoms with Gasteiger partial charge in [0.25, 0.3) is 5.56 Å². The maximum Gasteiger partial charge on any atom is 0.348 e. The molecule has 7 nitrogen and oxygen atoms in total. The Balaban J connectivity index is 2.77. The Kier molecular flexibility index (Phi) is 5.79. The number of carboxylic acid groups (broad SMARTS) is 1. The third kappa shape index (κ3) is 3.76. The van der Waals surface area contributed by atoms with Gasteiger partial charge in [-0.05, 0) is 32.3 Å². The van der Waals surface area contributed by atoms with Crippen molar-refractivity contribution in [3.63, 3.8) is 0 Å². The summed E-state index contributed by atoms with van der Waals surface area (Å²) in [7, 11) is 0. The van der Waals surface area contributed by atoms with Crippen LogP contribution in [0.1, 0.15) is 68.5 Å². The standard InChI is InChI=1S/C19H26N2O5S/c1-9(2)8-26-17(23)13-11(5)12-15(27-13)20-14(10(3)4)21(16(12)22)19(6,7)18(24)25/h9-10H,8H2,1-7H3,(H,24,25). The summed E-state index contributed by atoms with van der Waals surface area (Å²) in [6, 6.07) is 0. The quantitative estimate of drug-likeness (QED) is 0.753. The Labute approximate surface area is 162 Å². The fraction of sp³-hybridized carbons (Fsp3) is 0.579. The number of esters is 1. The zero-order valence-electron chi connectivity index (χ0n) is 16.7. The lowest BCUT2D eigenvalue weighted by Crippen LogP contribution is -2.45. The van der Waals surface area contributed by atoms with Crippen LogP contribution in [0.3, 0.4) is 0 Å². The van der Waals surface area contributed by atoms with Gasteiger partial charge < -0.3 is 9.84 Å². The lowest BCUT2D eigenvalue weighted by molar-refractivity contribution is -0.146. The lowest BCUT2D eigenvalue weighted by Gasteiger charge is -2.26. The third-order valence-electron chi connectivity index (χ3n) is 4.32. The predicted molar refractivity (Wildman–Crippen MR) is 105 cm³/mol. The first-order valence-electron chi connectivity index (χ1n) is 8.86. The summed E-state index contributed by atoms with van der Waals surface area (Å²) in [5, 5.41) is 9.90. The molecule has 2 aromatic rings. The molecule has 0 aliphatic heterocycles. The maximum absolute atomic E-state index is 13.2. The summed E-state index contributed by atoms with van der Waals surface area (Å²) in [4.78, 5) is 42.7. The molecule has 8 heteroatoms. The van der Waals surface area contributed by atoms with Gasteiger partial charge in [-0.3, -0.25) is 9.36 Å². The van der Waals surface area contributed by atoms with Gasteiger partial charge in [0.15, 0.2) is 0 Å². The van der Waals surface area contributed by atoms with Gasteiger partial charge in [0.05, 0.1) is 12.0 Å². The van der Waals surface area contributed by atoms with Crippen LogP contribution in [0.2, 0.25) is 0 Å². The fourth-order valence-corrected chi connectivity index (χ4v) is 3.80. The maximum atomic E-state index is 13.2. The highest BCUT2D eigenvalue weighted by molar-refractivity contribution is 7.20. The van der Waals surface area contributed by atoms with Crippen molar-refractivity contribution in [1.82, 2.24) is 9.55 Å². The van der Waals surface area contributed by atoms with Gasteiger partial charge in [-0.25, -0.2) is 14.6 Å². The predicted octanol–water partition coefficient (Wildman–Crippen LogP) is 3.52. The molecule has 0 atom stereocenters. The van der Waals surface area contributed by atoms with Gasteiger partial charge in [-0.15, -0.1) is 11.3 Å². The minimum Gasteiger partial charge on any atom is -0.480 e. The number of thiophene rings is 1. The summed E-state index contributed by atoms with van der Waals surface area (Å²) >= 11 is 1.11. The molecular formula is C19H26N2O5S. The van der Waals surface area contributed by atoms with E-state index >= 15 is 0 Å². The normalized spacial score (nSPS) is 12.2. The molecule has 0 saturated carbocycles. The first-order valence-corrected chi connectivity index (χ1v) is 9.68. The molecule has 2 rings (SSSR count). The third-order valence-corrected chi connectivity index (χ3v) is 5.49. The van der Waals surface area contributed by atoms with Crippen molar-refractivity contribution in [2.75, 3.05) is 6.61 Å². The van der Waals surface area contributed by atoms with Crippen LogP contribution in [-0.2, 0) is 15.1 Å². The van der Waals surface area contributed by atoms with Gasteiger partial charge in [0.1, 0.15) is 21.1 Å². The smallest absolute Gasteiger partial charge is 0.348 e. The van der Waals surface area contributed by atoms with Crippen molar-refractivity contribution in [3.8, 4) is 0 Å². The van der Waals surface area contributed by atoms with E-state index in [0.717, 1.165) is 11.3 Å². The molecule has 0 amide bonds. The van der Waals surface area contributed by atoms with Crippen LogP contribution in [-0.4, -0.2) is 33.2 Å². The van der Waals surface area contributed by atoms with E-state index in [4.69, 9.17) is 4.74 Å². The highest BCUT2D eigenvalue weighted by Crippen LogP contribution is 2.31. The van der Waals surface area contributed by atoms with Crippen LogP contribution in [0.15, 0.2) is 4.79 Å². The summed E-state index contributed by atoms with van der Waals surface area (Å²) < 4.78 is 6.52. The topological polar surface area (TPSA) is 98.5 Å². The average molecular weight is 394 g/mol. The number of hydrogen-bond donors (Lipinski definition) is 1. The zero-order chi connectivity index (χ0) is 20.7. The summed E-state index contributed by atoms with van der Waals surface area (Å²) in [6.45, 7) is 12.5. The van der Waals surface area contributed by atoms with Gasteiger partial charge in [0.2, 0.25) is 0 Å². The number of carbonyl (C=O) groups is 2. The van der Waals surface area contributed by atoms with Gasteiger partial charge in [-0.2, -0.15) is 0 Å². The van der Waals surface area contributed by atoms with Crippen molar-refractivity contribution in [1.29, 1.82) is 0 Å². The van der Waals surface area contributed by atoms with Crippen LogP contribution in [0.5, 0.6) is 0 Å². The number of carbonyl (C=O) groups excluding carboxylic acids is 1. The second kappa shape index (κ2) is 7.42. The van der Waals surface area contributed by atoms with Crippen LogP contribution in [0.4, 0.5) is 0 Å². The SMILES string of the molecule is Cc1c(C(=O)OCC(C)C)sc2nc(C(C)C)n(C(C)(C)C(=O)O)c(=O)c12. The molecule has 0 radical (unpaired) electrons. The van der Waals surface area contributed by atoms with E-state index in [1.165, 1.54) is 18.4 Å². The Hall–Kier alpha value is -2.22. The molecule has 27 heavy (non-hydrogen) atoms. The number of ether oxygens (including phenoxy) is 1. The Bertz CT molecular complexity index is 953. The monoisotopic (exact) mass is 394 g/mol. The number of aromatic nitrogens is 2. The van der Waals surface area contributed by atoms with Crippen LogP contribution >= 0.6 is 11.3 Å². The number of nitrogens with zero attached hydrogens (tertiary/aromatic N) is 2. The number of rotatable bonds is 6. The molecule has 1 N–H and O–H groups in total. The fourth-order valence-electron chi connectivity index (χ4n) is 2.72. The molecule has 0 aromatic carbocycles. The van der Waals surface area contributed by atoms with Crippen LogP contribution < -0.4 is 5.56 Å².